The van der Waals surface area contributed by atoms with Crippen LogP contribution in [0.25, 0.3) is 6.08 Å². The van der Waals surface area contributed by atoms with E-state index in [2.05, 4.69) is 0 Å². The molecule has 0 atom stereocenters. The fourth-order valence-electron chi connectivity index (χ4n) is 1.16. The summed E-state index contributed by atoms with van der Waals surface area (Å²) in [5.74, 6) is 0.833. The molecule has 0 unspecified atom stereocenters. The van der Waals surface area contributed by atoms with E-state index in [1.54, 1.807) is 6.92 Å². The Balaban J connectivity index is 2.88. The van der Waals surface area contributed by atoms with E-state index >= 15 is 0 Å². The quantitative estimate of drug-likeness (QED) is 0.539. The Morgan fingerprint density at radius 2 is 2.29 bits per heavy atom. The summed E-state index contributed by atoms with van der Waals surface area (Å²) in [4.78, 5) is 10.4. The molecule has 0 aliphatic carbocycles. The van der Waals surface area contributed by atoms with Crippen molar-refractivity contribution >= 4 is 12.4 Å². The van der Waals surface area contributed by atoms with Crippen LogP contribution in [-0.4, -0.2) is 12.9 Å². The minimum Gasteiger partial charge on any atom is -0.494 e. The Hall–Kier alpha value is -1.57. The van der Waals surface area contributed by atoms with Crippen LogP contribution in [0.5, 0.6) is 5.75 Å². The maximum absolute atomic E-state index is 10.4. The summed E-state index contributed by atoms with van der Waals surface area (Å²) in [7, 11) is 0. The van der Waals surface area contributed by atoms with E-state index in [0.717, 1.165) is 17.6 Å². The van der Waals surface area contributed by atoms with Crippen LogP contribution in [0.1, 0.15) is 19.4 Å². The summed E-state index contributed by atoms with van der Waals surface area (Å²) in [5.41, 5.74) is 1.69. The third-order valence-corrected chi connectivity index (χ3v) is 1.75. The highest BCUT2D eigenvalue weighted by Crippen LogP contribution is 2.15. The standard InChI is InChI=1S/C12H14O2/c1-3-14-12-6-4-5-11(8-12)7-10(2)9-13/h4-9H,3H2,1-2H3/b10-7+. The molecule has 1 aromatic carbocycles. The van der Waals surface area contributed by atoms with Crippen LogP contribution in [0, 0.1) is 0 Å². The molecule has 0 fully saturated rings. The van der Waals surface area contributed by atoms with Crippen molar-refractivity contribution in [2.45, 2.75) is 13.8 Å². The second-order valence-corrected chi connectivity index (χ2v) is 3.01. The number of hydrogen-bond donors (Lipinski definition) is 0. The van der Waals surface area contributed by atoms with Crippen molar-refractivity contribution in [1.29, 1.82) is 0 Å². The molecule has 74 valence electrons. The first-order chi connectivity index (χ1) is 6.76. The van der Waals surface area contributed by atoms with Crippen molar-refractivity contribution < 1.29 is 9.53 Å². The topological polar surface area (TPSA) is 26.3 Å². The number of carbonyl (C=O) groups is 1. The van der Waals surface area contributed by atoms with Crippen LogP contribution in [0.3, 0.4) is 0 Å². The summed E-state index contributed by atoms with van der Waals surface area (Å²) in [6, 6.07) is 7.66. The number of benzene rings is 1. The molecule has 0 aliphatic heterocycles. The Bertz CT molecular complexity index is 340. The molecule has 1 aromatic rings. The van der Waals surface area contributed by atoms with Gasteiger partial charge in [0, 0.05) is 0 Å². The maximum Gasteiger partial charge on any atom is 0.145 e. The van der Waals surface area contributed by atoms with Crippen molar-refractivity contribution in [2.24, 2.45) is 0 Å². The van der Waals surface area contributed by atoms with E-state index in [1.165, 1.54) is 0 Å². The Morgan fingerprint density at radius 1 is 1.50 bits per heavy atom. The molecular weight excluding hydrogens is 176 g/mol. The average molecular weight is 190 g/mol. The van der Waals surface area contributed by atoms with Crippen molar-refractivity contribution in [3.05, 3.63) is 35.4 Å². The lowest BCUT2D eigenvalue weighted by atomic mass is 10.1. The summed E-state index contributed by atoms with van der Waals surface area (Å²) in [6.45, 7) is 4.37. The van der Waals surface area contributed by atoms with Gasteiger partial charge in [-0.3, -0.25) is 4.79 Å². The first-order valence-corrected chi connectivity index (χ1v) is 4.62. The highest BCUT2D eigenvalue weighted by atomic mass is 16.5. The van der Waals surface area contributed by atoms with E-state index in [0.29, 0.717) is 12.2 Å². The van der Waals surface area contributed by atoms with Gasteiger partial charge in [-0.1, -0.05) is 12.1 Å². The number of hydrogen-bond acceptors (Lipinski definition) is 2. The first-order valence-electron chi connectivity index (χ1n) is 4.62. The molecule has 1 rings (SSSR count). The van der Waals surface area contributed by atoms with E-state index in [4.69, 9.17) is 4.74 Å². The van der Waals surface area contributed by atoms with Gasteiger partial charge in [-0.25, -0.2) is 0 Å². The Labute approximate surface area is 84.2 Å². The second-order valence-electron chi connectivity index (χ2n) is 3.01. The predicted molar refractivity (Wildman–Crippen MR) is 57.3 cm³/mol. The van der Waals surface area contributed by atoms with Crippen molar-refractivity contribution in [1.82, 2.24) is 0 Å². The van der Waals surface area contributed by atoms with Gasteiger partial charge in [0.2, 0.25) is 0 Å². The molecule has 0 bridgehead atoms. The zero-order valence-corrected chi connectivity index (χ0v) is 8.49. The van der Waals surface area contributed by atoms with Crippen LogP contribution >= 0.6 is 0 Å². The van der Waals surface area contributed by atoms with E-state index in [-0.39, 0.29) is 0 Å². The molecule has 0 heterocycles. The van der Waals surface area contributed by atoms with Crippen molar-refractivity contribution in [2.75, 3.05) is 6.61 Å². The first kappa shape index (κ1) is 10.5. The molecule has 0 N–H and O–H groups in total. The van der Waals surface area contributed by atoms with Crippen LogP contribution in [-0.2, 0) is 4.79 Å². The number of aldehydes is 1. The lowest BCUT2D eigenvalue weighted by Gasteiger charge is -2.03. The smallest absolute Gasteiger partial charge is 0.145 e. The Kier molecular flexibility index (Phi) is 3.92. The van der Waals surface area contributed by atoms with E-state index < -0.39 is 0 Å². The zero-order chi connectivity index (χ0) is 10.4. The molecule has 0 aliphatic rings. The minimum atomic E-state index is 0.653. The van der Waals surface area contributed by atoms with Crippen molar-refractivity contribution in [3.8, 4) is 5.75 Å². The molecule has 0 spiro atoms. The summed E-state index contributed by atoms with van der Waals surface area (Å²) in [6.07, 6.45) is 2.67. The van der Waals surface area contributed by atoms with Gasteiger partial charge in [0.05, 0.1) is 6.61 Å². The highest BCUT2D eigenvalue weighted by molar-refractivity contribution is 5.80. The highest BCUT2D eigenvalue weighted by Gasteiger charge is 1.93. The average Bonchev–Trinajstić information content (AvgIpc) is 2.19. The third kappa shape index (κ3) is 3.05. The monoisotopic (exact) mass is 190 g/mol. The summed E-state index contributed by atoms with van der Waals surface area (Å²) in [5, 5.41) is 0. The van der Waals surface area contributed by atoms with Gasteiger partial charge in [-0.15, -0.1) is 0 Å². The van der Waals surface area contributed by atoms with Gasteiger partial charge in [0.25, 0.3) is 0 Å². The molecule has 0 saturated heterocycles. The van der Waals surface area contributed by atoms with Crippen molar-refractivity contribution in [3.63, 3.8) is 0 Å². The minimum absolute atomic E-state index is 0.653. The lowest BCUT2D eigenvalue weighted by Crippen LogP contribution is -1.91. The van der Waals surface area contributed by atoms with Crippen LogP contribution in [0.15, 0.2) is 29.8 Å². The SMILES string of the molecule is CCOc1cccc(/C=C(\C)C=O)c1. The maximum atomic E-state index is 10.4. The van der Waals surface area contributed by atoms with Gasteiger partial charge in [-0.2, -0.15) is 0 Å². The summed E-state index contributed by atoms with van der Waals surface area (Å²) >= 11 is 0. The number of allylic oxidation sites excluding steroid dienone is 1. The van der Waals surface area contributed by atoms with Gasteiger partial charge in [0.15, 0.2) is 0 Å². The fraction of sp³-hybridized carbons (Fsp3) is 0.250. The number of ether oxygens (including phenoxy) is 1. The van der Waals surface area contributed by atoms with Gasteiger partial charge >= 0.3 is 0 Å². The molecule has 0 aromatic heterocycles. The van der Waals surface area contributed by atoms with E-state index in [9.17, 15) is 4.79 Å². The fourth-order valence-corrected chi connectivity index (χ4v) is 1.16. The molecule has 2 heteroatoms. The normalized spacial score (nSPS) is 11.1. The molecule has 0 radical (unpaired) electrons. The van der Waals surface area contributed by atoms with Gasteiger partial charge in [0.1, 0.15) is 12.0 Å². The largest absolute Gasteiger partial charge is 0.494 e. The predicted octanol–water partition coefficient (Wildman–Crippen LogP) is 2.69. The third-order valence-electron chi connectivity index (χ3n) is 1.75. The second kappa shape index (κ2) is 5.22. The van der Waals surface area contributed by atoms with Crippen LogP contribution < -0.4 is 4.74 Å². The number of rotatable bonds is 4. The summed E-state index contributed by atoms with van der Waals surface area (Å²) < 4.78 is 5.34. The van der Waals surface area contributed by atoms with Crippen LogP contribution in [0.4, 0.5) is 0 Å². The molecule has 2 nitrogen and oxygen atoms in total. The molecule has 14 heavy (non-hydrogen) atoms. The van der Waals surface area contributed by atoms with E-state index in [1.807, 2.05) is 37.3 Å². The zero-order valence-electron chi connectivity index (χ0n) is 8.49. The molecular formula is C12H14O2. The lowest BCUT2D eigenvalue weighted by molar-refractivity contribution is -0.104. The molecule has 0 amide bonds. The number of carbonyl (C=O) groups excluding carboxylic acids is 1. The Morgan fingerprint density at radius 3 is 2.93 bits per heavy atom. The molecule has 0 saturated carbocycles. The van der Waals surface area contributed by atoms with Crippen LogP contribution in [0.2, 0.25) is 0 Å². The van der Waals surface area contributed by atoms with Gasteiger partial charge < -0.3 is 4.74 Å². The van der Waals surface area contributed by atoms with Gasteiger partial charge in [-0.05, 0) is 43.2 Å².